The van der Waals surface area contributed by atoms with Gasteiger partial charge in [0.1, 0.15) is 11.6 Å². The van der Waals surface area contributed by atoms with Crippen molar-refractivity contribution < 1.29 is 14.2 Å². The molecule has 0 saturated carbocycles. The summed E-state index contributed by atoms with van der Waals surface area (Å²) >= 11 is 0. The Morgan fingerprint density at radius 2 is 2.10 bits per heavy atom. The lowest BCUT2D eigenvalue weighted by Crippen LogP contribution is -2.09. The van der Waals surface area contributed by atoms with Crippen molar-refractivity contribution in [2.45, 2.75) is 12.6 Å². The van der Waals surface area contributed by atoms with Crippen molar-refractivity contribution in [2.24, 2.45) is 0 Å². The first-order chi connectivity index (χ1) is 10.2. The van der Waals surface area contributed by atoms with Crippen molar-refractivity contribution >= 4 is 11.0 Å². The van der Waals surface area contributed by atoms with Crippen molar-refractivity contribution in [3.8, 4) is 5.75 Å². The summed E-state index contributed by atoms with van der Waals surface area (Å²) in [5, 5.41) is 10.3. The van der Waals surface area contributed by atoms with Gasteiger partial charge in [-0.2, -0.15) is 0 Å². The lowest BCUT2D eigenvalue weighted by Gasteiger charge is -2.14. The van der Waals surface area contributed by atoms with Crippen LogP contribution in [-0.4, -0.2) is 21.8 Å². The highest BCUT2D eigenvalue weighted by Gasteiger charge is 2.15. The van der Waals surface area contributed by atoms with Crippen molar-refractivity contribution in [2.75, 3.05) is 7.11 Å². The van der Waals surface area contributed by atoms with Crippen LogP contribution in [0.1, 0.15) is 11.7 Å². The number of rotatable bonds is 4. The SMILES string of the molecule is COc1ccc(C(O)Cn2cnc3ccccc32)c(F)c1. The van der Waals surface area contributed by atoms with E-state index in [0.717, 1.165) is 11.0 Å². The number of fused-ring (bicyclic) bond motifs is 1. The molecule has 21 heavy (non-hydrogen) atoms. The molecule has 0 saturated heterocycles. The highest BCUT2D eigenvalue weighted by Crippen LogP contribution is 2.24. The molecule has 1 N–H and O–H groups in total. The van der Waals surface area contributed by atoms with Crippen LogP contribution in [0, 0.1) is 5.82 Å². The number of nitrogens with zero attached hydrogens (tertiary/aromatic N) is 2. The molecule has 3 rings (SSSR count). The fourth-order valence-corrected chi connectivity index (χ4v) is 2.35. The van der Waals surface area contributed by atoms with Crippen LogP contribution in [0.25, 0.3) is 11.0 Å². The number of aliphatic hydroxyl groups excluding tert-OH is 1. The number of imidazole rings is 1. The van der Waals surface area contributed by atoms with Crippen LogP contribution in [0.2, 0.25) is 0 Å². The van der Waals surface area contributed by atoms with Gasteiger partial charge in [0.05, 0.1) is 37.1 Å². The van der Waals surface area contributed by atoms with E-state index in [1.165, 1.54) is 19.2 Å². The zero-order chi connectivity index (χ0) is 14.8. The van der Waals surface area contributed by atoms with Gasteiger partial charge in [-0.1, -0.05) is 12.1 Å². The minimum Gasteiger partial charge on any atom is -0.497 e. The smallest absolute Gasteiger partial charge is 0.132 e. The Labute approximate surface area is 121 Å². The number of ether oxygens (including phenoxy) is 1. The first kappa shape index (κ1) is 13.6. The first-order valence-electron chi connectivity index (χ1n) is 6.60. The van der Waals surface area contributed by atoms with Crippen LogP contribution in [0.4, 0.5) is 4.39 Å². The second-order valence-electron chi connectivity index (χ2n) is 4.79. The number of halogens is 1. The minimum absolute atomic E-state index is 0.240. The average Bonchev–Trinajstić information content (AvgIpc) is 2.90. The van der Waals surface area contributed by atoms with Gasteiger partial charge >= 0.3 is 0 Å². The second-order valence-corrected chi connectivity index (χ2v) is 4.79. The highest BCUT2D eigenvalue weighted by atomic mass is 19.1. The van der Waals surface area contributed by atoms with Gasteiger partial charge in [-0.05, 0) is 24.3 Å². The summed E-state index contributed by atoms with van der Waals surface area (Å²) in [7, 11) is 1.47. The largest absolute Gasteiger partial charge is 0.497 e. The van der Waals surface area contributed by atoms with E-state index < -0.39 is 11.9 Å². The lowest BCUT2D eigenvalue weighted by atomic mass is 10.1. The van der Waals surface area contributed by atoms with E-state index in [1.54, 1.807) is 12.4 Å². The van der Waals surface area contributed by atoms with E-state index in [4.69, 9.17) is 4.74 Å². The third-order valence-electron chi connectivity index (χ3n) is 3.46. The summed E-state index contributed by atoms with van der Waals surface area (Å²) in [5.74, 6) is -0.0530. The molecule has 0 amide bonds. The Kier molecular flexibility index (Phi) is 3.58. The maximum absolute atomic E-state index is 14.0. The predicted molar refractivity (Wildman–Crippen MR) is 77.6 cm³/mol. The molecule has 0 aliphatic carbocycles. The second kappa shape index (κ2) is 5.54. The molecule has 4 nitrogen and oxygen atoms in total. The Hall–Kier alpha value is -2.40. The number of benzene rings is 2. The summed E-state index contributed by atoms with van der Waals surface area (Å²) in [6, 6.07) is 12.1. The van der Waals surface area contributed by atoms with Gasteiger partial charge in [-0.25, -0.2) is 9.37 Å². The van der Waals surface area contributed by atoms with Crippen molar-refractivity contribution in [1.82, 2.24) is 9.55 Å². The summed E-state index contributed by atoms with van der Waals surface area (Å²) in [6.45, 7) is 0.240. The molecule has 1 heterocycles. The molecule has 0 aliphatic rings. The third kappa shape index (κ3) is 2.60. The van der Waals surface area contributed by atoms with E-state index in [2.05, 4.69) is 4.98 Å². The molecule has 5 heteroatoms. The van der Waals surface area contributed by atoms with Crippen LogP contribution in [-0.2, 0) is 6.54 Å². The monoisotopic (exact) mass is 286 g/mol. The van der Waals surface area contributed by atoms with Crippen LogP contribution in [0.5, 0.6) is 5.75 Å². The third-order valence-corrected chi connectivity index (χ3v) is 3.46. The fraction of sp³-hybridized carbons (Fsp3) is 0.188. The van der Waals surface area contributed by atoms with Crippen LogP contribution < -0.4 is 4.74 Å². The molecular formula is C16H15FN2O2. The van der Waals surface area contributed by atoms with Crippen molar-refractivity contribution in [1.29, 1.82) is 0 Å². The van der Waals surface area contributed by atoms with Crippen LogP contribution in [0.3, 0.4) is 0 Å². The van der Waals surface area contributed by atoms with Crippen LogP contribution >= 0.6 is 0 Å². The van der Waals surface area contributed by atoms with Crippen LogP contribution in [0.15, 0.2) is 48.8 Å². The van der Waals surface area contributed by atoms with Gasteiger partial charge < -0.3 is 14.4 Å². The Bertz CT molecular complexity index is 770. The Morgan fingerprint density at radius 3 is 2.86 bits per heavy atom. The number of hydrogen-bond donors (Lipinski definition) is 1. The molecule has 0 fully saturated rings. The number of aliphatic hydroxyl groups is 1. The summed E-state index contributed by atoms with van der Waals surface area (Å²) < 4.78 is 20.7. The van der Waals surface area contributed by atoms with Gasteiger partial charge in [0.2, 0.25) is 0 Å². The van der Waals surface area contributed by atoms with Crippen molar-refractivity contribution in [3.63, 3.8) is 0 Å². The number of hydrogen-bond acceptors (Lipinski definition) is 3. The zero-order valence-corrected chi connectivity index (χ0v) is 11.5. The van der Waals surface area contributed by atoms with Gasteiger partial charge in [0, 0.05) is 11.6 Å². The molecule has 1 aromatic heterocycles. The van der Waals surface area contributed by atoms with E-state index in [-0.39, 0.29) is 12.1 Å². The minimum atomic E-state index is -0.950. The lowest BCUT2D eigenvalue weighted by molar-refractivity contribution is 0.153. The quantitative estimate of drug-likeness (QED) is 0.802. The van der Waals surface area contributed by atoms with E-state index >= 15 is 0 Å². The normalized spacial score (nSPS) is 12.5. The van der Waals surface area contributed by atoms with E-state index in [9.17, 15) is 9.50 Å². The van der Waals surface area contributed by atoms with Crippen molar-refractivity contribution in [3.05, 3.63) is 60.2 Å². The van der Waals surface area contributed by atoms with E-state index in [0.29, 0.717) is 5.75 Å². The predicted octanol–water partition coefficient (Wildman–Crippen LogP) is 2.92. The highest BCUT2D eigenvalue weighted by molar-refractivity contribution is 5.74. The molecule has 0 aliphatic heterocycles. The van der Waals surface area contributed by atoms with E-state index in [1.807, 2.05) is 28.8 Å². The molecule has 3 aromatic rings. The molecule has 0 radical (unpaired) electrons. The molecule has 2 aromatic carbocycles. The summed E-state index contributed by atoms with van der Waals surface area (Å²) in [6.07, 6.45) is 0.698. The average molecular weight is 286 g/mol. The molecule has 1 unspecified atom stereocenters. The number of para-hydroxylation sites is 2. The topological polar surface area (TPSA) is 47.3 Å². The van der Waals surface area contributed by atoms with Gasteiger partial charge in [-0.3, -0.25) is 0 Å². The Balaban J connectivity index is 1.87. The Morgan fingerprint density at radius 1 is 1.29 bits per heavy atom. The molecule has 1 atom stereocenters. The first-order valence-corrected chi connectivity index (χ1v) is 6.60. The summed E-state index contributed by atoms with van der Waals surface area (Å²) in [5.41, 5.74) is 2.00. The molecule has 0 spiro atoms. The molecule has 108 valence electrons. The van der Waals surface area contributed by atoms with Gasteiger partial charge in [-0.15, -0.1) is 0 Å². The van der Waals surface area contributed by atoms with Gasteiger partial charge in [0.15, 0.2) is 0 Å². The number of methoxy groups -OCH3 is 1. The maximum atomic E-state index is 14.0. The van der Waals surface area contributed by atoms with Gasteiger partial charge in [0.25, 0.3) is 0 Å². The fourth-order valence-electron chi connectivity index (χ4n) is 2.35. The summed E-state index contributed by atoms with van der Waals surface area (Å²) in [4.78, 5) is 4.25. The zero-order valence-electron chi connectivity index (χ0n) is 11.5. The maximum Gasteiger partial charge on any atom is 0.132 e. The number of aromatic nitrogens is 2. The molecule has 0 bridgehead atoms. The standard InChI is InChI=1S/C16H15FN2O2/c1-21-11-6-7-12(13(17)8-11)16(20)9-19-10-18-14-4-2-3-5-15(14)19/h2-8,10,16,20H,9H2,1H3. The molecular weight excluding hydrogens is 271 g/mol.